The second-order valence-corrected chi connectivity index (χ2v) is 5.63. The first kappa shape index (κ1) is 16.8. The van der Waals surface area contributed by atoms with Gasteiger partial charge in [0.05, 0.1) is 0 Å². The molecule has 0 aliphatic carbocycles. The van der Waals surface area contributed by atoms with Crippen LogP contribution in [0.3, 0.4) is 0 Å². The lowest BCUT2D eigenvalue weighted by Crippen LogP contribution is -2.34. The lowest BCUT2D eigenvalue weighted by Gasteiger charge is -2.11. The van der Waals surface area contributed by atoms with Crippen LogP contribution in [0.1, 0.15) is 19.4 Å². The minimum atomic E-state index is -0.216. The summed E-state index contributed by atoms with van der Waals surface area (Å²) in [5, 5.41) is 8.84. The number of hydrogen-bond acceptors (Lipinski definition) is 2. The van der Waals surface area contributed by atoms with Crippen molar-refractivity contribution >= 4 is 17.4 Å². The number of benzene rings is 2. The molecule has 0 atom stereocenters. The van der Waals surface area contributed by atoms with Crippen LogP contribution < -0.4 is 16.0 Å². The average molecular weight is 315 g/mol. The Hall–Kier alpha value is -2.56. The van der Waals surface area contributed by atoms with E-state index in [-0.39, 0.29) is 17.9 Å². The molecule has 0 heterocycles. The van der Waals surface area contributed by atoms with Gasteiger partial charge in [-0.15, -0.1) is 0 Å². The van der Waals surface area contributed by atoms with E-state index in [9.17, 15) is 9.18 Å². The van der Waals surface area contributed by atoms with Crippen molar-refractivity contribution in [1.29, 1.82) is 0 Å². The molecule has 0 saturated heterocycles. The molecule has 0 aromatic heterocycles. The van der Waals surface area contributed by atoms with Crippen LogP contribution in [0.4, 0.5) is 20.6 Å². The predicted octanol–water partition coefficient (Wildman–Crippen LogP) is 4.01. The molecule has 0 radical (unpaired) electrons. The summed E-state index contributed by atoms with van der Waals surface area (Å²) in [4.78, 5) is 11.6. The minimum Gasteiger partial charge on any atom is -0.385 e. The van der Waals surface area contributed by atoms with E-state index in [1.54, 1.807) is 12.1 Å². The molecular weight excluding hydrogens is 293 g/mol. The van der Waals surface area contributed by atoms with E-state index in [1.807, 2.05) is 38.1 Å². The number of anilines is 2. The normalized spacial score (nSPS) is 10.4. The Labute approximate surface area is 136 Å². The number of amides is 2. The number of halogens is 1. The molecule has 2 rings (SSSR count). The van der Waals surface area contributed by atoms with Crippen LogP contribution in [0.5, 0.6) is 0 Å². The van der Waals surface area contributed by atoms with Crippen molar-refractivity contribution in [2.75, 3.05) is 17.2 Å². The van der Waals surface area contributed by atoms with Gasteiger partial charge in [-0.1, -0.05) is 12.1 Å². The summed E-state index contributed by atoms with van der Waals surface area (Å²) < 4.78 is 12.8. The van der Waals surface area contributed by atoms with Gasteiger partial charge in [0, 0.05) is 24.0 Å². The second-order valence-electron chi connectivity index (χ2n) is 5.63. The Balaban J connectivity index is 1.78. The maximum Gasteiger partial charge on any atom is 0.319 e. The van der Waals surface area contributed by atoms with Crippen molar-refractivity contribution in [3.63, 3.8) is 0 Å². The standard InChI is InChI=1S/C18H22FN3O/c1-13(2)21-18(23)22-17-9-7-16(8-10-17)20-12-11-14-3-5-15(19)6-4-14/h3-10,13,20H,11-12H2,1-2H3,(H2,21,22,23). The molecule has 23 heavy (non-hydrogen) atoms. The van der Waals surface area contributed by atoms with Gasteiger partial charge in [-0.2, -0.15) is 0 Å². The van der Waals surface area contributed by atoms with Crippen molar-refractivity contribution in [3.05, 3.63) is 59.9 Å². The quantitative estimate of drug-likeness (QED) is 0.754. The zero-order chi connectivity index (χ0) is 16.7. The molecule has 0 saturated carbocycles. The Morgan fingerprint density at radius 2 is 1.61 bits per heavy atom. The summed E-state index contributed by atoms with van der Waals surface area (Å²) in [6, 6.07) is 13.9. The van der Waals surface area contributed by atoms with E-state index < -0.39 is 0 Å². The molecule has 0 aliphatic rings. The highest BCUT2D eigenvalue weighted by molar-refractivity contribution is 5.89. The number of carbonyl (C=O) groups is 1. The van der Waals surface area contributed by atoms with Crippen molar-refractivity contribution in [3.8, 4) is 0 Å². The first-order valence-electron chi connectivity index (χ1n) is 7.69. The smallest absolute Gasteiger partial charge is 0.319 e. The lowest BCUT2D eigenvalue weighted by atomic mass is 10.1. The van der Waals surface area contributed by atoms with Crippen LogP contribution >= 0.6 is 0 Å². The Bertz CT molecular complexity index is 624. The number of hydrogen-bond donors (Lipinski definition) is 3. The van der Waals surface area contributed by atoms with Gasteiger partial charge in [-0.05, 0) is 62.2 Å². The molecule has 122 valence electrons. The number of rotatable bonds is 6. The highest BCUT2D eigenvalue weighted by Crippen LogP contribution is 2.13. The van der Waals surface area contributed by atoms with Crippen LogP contribution in [0.15, 0.2) is 48.5 Å². The third-order valence-corrected chi connectivity index (χ3v) is 3.22. The van der Waals surface area contributed by atoms with E-state index in [0.29, 0.717) is 0 Å². The van der Waals surface area contributed by atoms with Gasteiger partial charge < -0.3 is 16.0 Å². The Kier molecular flexibility index (Phi) is 5.97. The third kappa shape index (κ3) is 5.98. The highest BCUT2D eigenvalue weighted by Gasteiger charge is 2.03. The highest BCUT2D eigenvalue weighted by atomic mass is 19.1. The first-order valence-corrected chi connectivity index (χ1v) is 7.69. The van der Waals surface area contributed by atoms with Gasteiger partial charge in [-0.3, -0.25) is 0 Å². The maximum absolute atomic E-state index is 12.8. The predicted molar refractivity (Wildman–Crippen MR) is 92.3 cm³/mol. The van der Waals surface area contributed by atoms with Crippen molar-refractivity contribution in [2.24, 2.45) is 0 Å². The van der Waals surface area contributed by atoms with Crippen molar-refractivity contribution in [1.82, 2.24) is 5.32 Å². The molecule has 0 fully saturated rings. The van der Waals surface area contributed by atoms with Gasteiger partial charge in [-0.25, -0.2) is 9.18 Å². The molecule has 3 N–H and O–H groups in total. The van der Waals surface area contributed by atoms with E-state index in [4.69, 9.17) is 0 Å². The van der Waals surface area contributed by atoms with E-state index in [0.717, 1.165) is 29.9 Å². The molecule has 4 nitrogen and oxygen atoms in total. The number of nitrogens with one attached hydrogen (secondary N) is 3. The van der Waals surface area contributed by atoms with Gasteiger partial charge >= 0.3 is 6.03 Å². The molecule has 2 aromatic rings. The third-order valence-electron chi connectivity index (χ3n) is 3.22. The number of urea groups is 1. The van der Waals surface area contributed by atoms with Crippen LogP contribution in [0.2, 0.25) is 0 Å². The summed E-state index contributed by atoms with van der Waals surface area (Å²) in [7, 11) is 0. The minimum absolute atomic E-state index is 0.0994. The van der Waals surface area contributed by atoms with Crippen LogP contribution in [-0.4, -0.2) is 18.6 Å². The lowest BCUT2D eigenvalue weighted by molar-refractivity contribution is 0.250. The van der Waals surface area contributed by atoms with Gasteiger partial charge in [0.2, 0.25) is 0 Å². The summed E-state index contributed by atoms with van der Waals surface area (Å²) in [5.74, 6) is -0.216. The molecule has 0 aliphatic heterocycles. The molecule has 0 spiro atoms. The monoisotopic (exact) mass is 315 g/mol. The van der Waals surface area contributed by atoms with Gasteiger partial charge in [0.25, 0.3) is 0 Å². The molecule has 5 heteroatoms. The van der Waals surface area contributed by atoms with Crippen molar-refractivity contribution in [2.45, 2.75) is 26.3 Å². The summed E-state index contributed by atoms with van der Waals surface area (Å²) in [6.07, 6.45) is 0.817. The molecule has 2 aromatic carbocycles. The maximum atomic E-state index is 12.8. The largest absolute Gasteiger partial charge is 0.385 e. The Morgan fingerprint density at radius 3 is 2.22 bits per heavy atom. The molecule has 0 bridgehead atoms. The van der Waals surface area contributed by atoms with Gasteiger partial charge in [0.15, 0.2) is 0 Å². The SMILES string of the molecule is CC(C)NC(=O)Nc1ccc(NCCc2ccc(F)cc2)cc1. The average Bonchev–Trinajstić information content (AvgIpc) is 2.50. The summed E-state index contributed by atoms with van der Waals surface area (Å²) in [6.45, 7) is 4.58. The zero-order valence-corrected chi connectivity index (χ0v) is 13.4. The van der Waals surface area contributed by atoms with Crippen LogP contribution in [0.25, 0.3) is 0 Å². The van der Waals surface area contributed by atoms with Crippen LogP contribution in [0, 0.1) is 5.82 Å². The zero-order valence-electron chi connectivity index (χ0n) is 13.4. The summed E-state index contributed by atoms with van der Waals surface area (Å²) in [5.41, 5.74) is 2.80. The van der Waals surface area contributed by atoms with Crippen molar-refractivity contribution < 1.29 is 9.18 Å². The second kappa shape index (κ2) is 8.17. The molecule has 0 unspecified atom stereocenters. The number of carbonyl (C=O) groups excluding carboxylic acids is 1. The topological polar surface area (TPSA) is 53.2 Å². The fourth-order valence-corrected chi connectivity index (χ4v) is 2.10. The van der Waals surface area contributed by atoms with E-state index >= 15 is 0 Å². The van der Waals surface area contributed by atoms with E-state index in [1.165, 1.54) is 12.1 Å². The van der Waals surface area contributed by atoms with Gasteiger partial charge in [0.1, 0.15) is 5.82 Å². The Morgan fingerprint density at radius 1 is 1.00 bits per heavy atom. The summed E-state index contributed by atoms with van der Waals surface area (Å²) >= 11 is 0. The molecular formula is C18H22FN3O. The fourth-order valence-electron chi connectivity index (χ4n) is 2.10. The van der Waals surface area contributed by atoms with E-state index in [2.05, 4.69) is 16.0 Å². The van der Waals surface area contributed by atoms with Crippen LogP contribution in [-0.2, 0) is 6.42 Å². The molecule has 2 amide bonds. The fraction of sp³-hybridized carbons (Fsp3) is 0.278. The first-order chi connectivity index (χ1) is 11.0.